The number of carbonyl (C=O) groups excluding carboxylic acids is 1. The van der Waals surface area contributed by atoms with Crippen molar-refractivity contribution in [2.75, 3.05) is 13.6 Å². The van der Waals surface area contributed by atoms with Gasteiger partial charge in [0.15, 0.2) is 0 Å². The highest BCUT2D eigenvalue weighted by molar-refractivity contribution is 5.94. The minimum atomic E-state index is -0.441. The van der Waals surface area contributed by atoms with E-state index in [0.29, 0.717) is 12.1 Å². The molecule has 0 heterocycles. The van der Waals surface area contributed by atoms with Crippen LogP contribution in [0.15, 0.2) is 23.4 Å². The zero-order valence-corrected chi connectivity index (χ0v) is 10.4. The van der Waals surface area contributed by atoms with Gasteiger partial charge in [0.05, 0.1) is 0 Å². The lowest BCUT2D eigenvalue weighted by molar-refractivity contribution is 0.0798. The molecule has 0 aromatic heterocycles. The molecule has 0 saturated carbocycles. The SMILES string of the molecule is Cc1cc(F)cc(C(=O)N(C)CC/C(N)=N/O)c1. The van der Waals surface area contributed by atoms with Crippen LogP contribution in [0, 0.1) is 12.7 Å². The molecule has 98 valence electrons. The molecule has 3 N–H and O–H groups in total. The van der Waals surface area contributed by atoms with Gasteiger partial charge in [-0.15, -0.1) is 0 Å². The molecule has 0 spiro atoms. The lowest BCUT2D eigenvalue weighted by Crippen LogP contribution is -2.30. The van der Waals surface area contributed by atoms with Gasteiger partial charge in [-0.2, -0.15) is 0 Å². The van der Waals surface area contributed by atoms with Crippen molar-refractivity contribution in [3.05, 3.63) is 35.1 Å². The lowest BCUT2D eigenvalue weighted by Gasteiger charge is -2.17. The Morgan fingerprint density at radius 2 is 2.17 bits per heavy atom. The second-order valence-corrected chi connectivity index (χ2v) is 4.09. The standard InChI is InChI=1S/C12H16FN3O2/c1-8-5-9(7-10(13)6-8)12(17)16(2)4-3-11(14)15-18/h5-7,18H,3-4H2,1-2H3,(H2,14,15). The molecule has 0 fully saturated rings. The second-order valence-electron chi connectivity index (χ2n) is 4.09. The first kappa shape index (κ1) is 14.0. The molecule has 0 atom stereocenters. The molecule has 6 heteroatoms. The first-order valence-corrected chi connectivity index (χ1v) is 5.43. The van der Waals surface area contributed by atoms with Crippen molar-refractivity contribution in [3.63, 3.8) is 0 Å². The number of amidine groups is 1. The molecule has 18 heavy (non-hydrogen) atoms. The van der Waals surface area contributed by atoms with E-state index in [-0.39, 0.29) is 23.7 Å². The van der Waals surface area contributed by atoms with Gasteiger partial charge in [0, 0.05) is 25.6 Å². The fourth-order valence-corrected chi connectivity index (χ4v) is 1.51. The van der Waals surface area contributed by atoms with Crippen molar-refractivity contribution in [1.29, 1.82) is 0 Å². The van der Waals surface area contributed by atoms with E-state index in [1.54, 1.807) is 20.0 Å². The highest BCUT2D eigenvalue weighted by Crippen LogP contribution is 2.10. The quantitative estimate of drug-likeness (QED) is 0.368. The minimum absolute atomic E-state index is 0.0464. The molecule has 0 aliphatic carbocycles. The number of benzene rings is 1. The Labute approximate surface area is 105 Å². The Morgan fingerprint density at radius 1 is 1.50 bits per heavy atom. The van der Waals surface area contributed by atoms with Crippen molar-refractivity contribution in [3.8, 4) is 0 Å². The van der Waals surface area contributed by atoms with Crippen molar-refractivity contribution in [1.82, 2.24) is 4.90 Å². The van der Waals surface area contributed by atoms with Crippen LogP contribution in [0.5, 0.6) is 0 Å². The molecule has 1 rings (SSSR count). The number of oxime groups is 1. The van der Waals surface area contributed by atoms with Gasteiger partial charge < -0.3 is 15.8 Å². The van der Waals surface area contributed by atoms with Gasteiger partial charge in [-0.05, 0) is 30.7 Å². The van der Waals surface area contributed by atoms with Gasteiger partial charge in [0.2, 0.25) is 0 Å². The van der Waals surface area contributed by atoms with Crippen LogP contribution in [-0.2, 0) is 0 Å². The number of nitrogens with two attached hydrogens (primary N) is 1. The van der Waals surface area contributed by atoms with Gasteiger partial charge in [-0.25, -0.2) is 4.39 Å². The summed E-state index contributed by atoms with van der Waals surface area (Å²) in [6.07, 6.45) is 0.257. The van der Waals surface area contributed by atoms with Crippen LogP contribution in [0.2, 0.25) is 0 Å². The van der Waals surface area contributed by atoms with Crippen molar-refractivity contribution in [2.45, 2.75) is 13.3 Å². The van der Waals surface area contributed by atoms with Crippen molar-refractivity contribution >= 4 is 11.7 Å². The van der Waals surface area contributed by atoms with Crippen molar-refractivity contribution < 1.29 is 14.4 Å². The molecule has 0 aliphatic heterocycles. The first-order valence-electron chi connectivity index (χ1n) is 5.43. The molecule has 0 saturated heterocycles. The number of halogens is 1. The van der Waals surface area contributed by atoms with Crippen LogP contribution in [0.25, 0.3) is 0 Å². The highest BCUT2D eigenvalue weighted by Gasteiger charge is 2.13. The molecule has 1 aromatic rings. The maximum Gasteiger partial charge on any atom is 0.253 e. The summed E-state index contributed by atoms with van der Waals surface area (Å²) < 4.78 is 13.2. The smallest absolute Gasteiger partial charge is 0.253 e. The summed E-state index contributed by atoms with van der Waals surface area (Å²) in [5, 5.41) is 11.2. The van der Waals surface area contributed by atoms with E-state index in [1.807, 2.05) is 0 Å². The molecule has 0 unspecified atom stereocenters. The number of carbonyl (C=O) groups is 1. The lowest BCUT2D eigenvalue weighted by atomic mass is 10.1. The van der Waals surface area contributed by atoms with E-state index in [4.69, 9.17) is 10.9 Å². The number of aryl methyl sites for hydroxylation is 1. The summed E-state index contributed by atoms with van der Waals surface area (Å²) in [4.78, 5) is 13.4. The minimum Gasteiger partial charge on any atom is -0.409 e. The average Bonchev–Trinajstić information content (AvgIpc) is 2.33. The van der Waals surface area contributed by atoms with Gasteiger partial charge >= 0.3 is 0 Å². The first-order chi connectivity index (χ1) is 8.43. The van der Waals surface area contributed by atoms with Crippen LogP contribution in [-0.4, -0.2) is 35.4 Å². The Hall–Kier alpha value is -2.11. The highest BCUT2D eigenvalue weighted by atomic mass is 19.1. The molecule has 5 nitrogen and oxygen atoms in total. The predicted molar refractivity (Wildman–Crippen MR) is 66.1 cm³/mol. The number of hydrogen-bond acceptors (Lipinski definition) is 3. The third-order valence-electron chi connectivity index (χ3n) is 2.47. The molecular weight excluding hydrogens is 237 g/mol. The maximum atomic E-state index is 13.2. The second kappa shape index (κ2) is 6.00. The van der Waals surface area contributed by atoms with E-state index >= 15 is 0 Å². The topological polar surface area (TPSA) is 78.9 Å². The third-order valence-corrected chi connectivity index (χ3v) is 2.47. The van der Waals surface area contributed by atoms with Crippen LogP contribution < -0.4 is 5.73 Å². The van der Waals surface area contributed by atoms with Gasteiger partial charge in [-0.3, -0.25) is 4.79 Å². The number of rotatable bonds is 4. The van der Waals surface area contributed by atoms with E-state index in [9.17, 15) is 9.18 Å². The van der Waals surface area contributed by atoms with Gasteiger partial charge in [0.25, 0.3) is 5.91 Å². The summed E-state index contributed by atoms with van der Waals surface area (Å²) in [6.45, 7) is 2.01. The molecule has 0 aliphatic rings. The molecule has 1 amide bonds. The number of amides is 1. The Kier molecular flexibility index (Phi) is 4.65. The fraction of sp³-hybridized carbons (Fsp3) is 0.333. The Balaban J connectivity index is 2.74. The van der Waals surface area contributed by atoms with Gasteiger partial charge in [0.1, 0.15) is 11.7 Å². The largest absolute Gasteiger partial charge is 0.409 e. The molecule has 0 radical (unpaired) electrons. The van der Waals surface area contributed by atoms with Crippen molar-refractivity contribution in [2.24, 2.45) is 10.9 Å². The Bertz CT molecular complexity index is 454. The predicted octanol–water partition coefficient (Wildman–Crippen LogP) is 1.34. The summed E-state index contributed by atoms with van der Waals surface area (Å²) in [5.41, 5.74) is 6.28. The van der Waals surface area contributed by atoms with E-state index < -0.39 is 5.82 Å². The van der Waals surface area contributed by atoms with Crippen LogP contribution in [0.1, 0.15) is 22.3 Å². The zero-order valence-electron chi connectivity index (χ0n) is 10.4. The normalized spacial score (nSPS) is 11.4. The summed E-state index contributed by atoms with van der Waals surface area (Å²) >= 11 is 0. The summed E-state index contributed by atoms with van der Waals surface area (Å²) in [5.74, 6) is -0.698. The van der Waals surface area contributed by atoms with E-state index in [1.165, 1.54) is 17.0 Å². The van der Waals surface area contributed by atoms with E-state index in [2.05, 4.69) is 5.16 Å². The number of hydrogen-bond donors (Lipinski definition) is 2. The molecule has 1 aromatic carbocycles. The van der Waals surface area contributed by atoms with Crippen LogP contribution >= 0.6 is 0 Å². The zero-order chi connectivity index (χ0) is 13.7. The average molecular weight is 253 g/mol. The number of nitrogens with zero attached hydrogens (tertiary/aromatic N) is 2. The van der Waals surface area contributed by atoms with E-state index in [0.717, 1.165) is 0 Å². The fourth-order valence-electron chi connectivity index (χ4n) is 1.51. The van der Waals surface area contributed by atoms with Gasteiger partial charge in [-0.1, -0.05) is 5.16 Å². The monoisotopic (exact) mass is 253 g/mol. The summed E-state index contributed by atoms with van der Waals surface area (Å²) in [6, 6.07) is 4.16. The molecule has 0 bridgehead atoms. The Morgan fingerprint density at radius 3 is 2.72 bits per heavy atom. The van der Waals surface area contributed by atoms with Crippen LogP contribution in [0.3, 0.4) is 0 Å². The van der Waals surface area contributed by atoms with Crippen LogP contribution in [0.4, 0.5) is 4.39 Å². The maximum absolute atomic E-state index is 13.2. The third kappa shape index (κ3) is 3.73. The summed E-state index contributed by atoms with van der Waals surface area (Å²) in [7, 11) is 1.58. The molecular formula is C12H16FN3O2.